The average molecular weight is 571 g/mol. The molecule has 1 aliphatic rings. The van der Waals surface area contributed by atoms with Gasteiger partial charge in [0.05, 0.1) is 5.56 Å². The van der Waals surface area contributed by atoms with E-state index in [1.807, 2.05) is 48.3 Å². The number of hydrogen-bond donors (Lipinski definition) is 1. The van der Waals surface area contributed by atoms with Crippen LogP contribution in [-0.4, -0.2) is 46.2 Å². The summed E-state index contributed by atoms with van der Waals surface area (Å²) < 4.78 is 1.91. The van der Waals surface area contributed by atoms with Gasteiger partial charge in [-0.25, -0.2) is 0 Å². The first-order valence-corrected chi connectivity index (χ1v) is 15.6. The van der Waals surface area contributed by atoms with Gasteiger partial charge >= 0.3 is 0 Å². The molecule has 0 saturated carbocycles. The highest BCUT2D eigenvalue weighted by Gasteiger charge is 2.27. The molecule has 1 fully saturated rings. The number of fused-ring (bicyclic) bond motifs is 1. The maximum absolute atomic E-state index is 14.2. The van der Waals surface area contributed by atoms with E-state index in [4.69, 9.17) is 0 Å². The monoisotopic (exact) mass is 570 g/mol. The Balaban J connectivity index is 1.27. The van der Waals surface area contributed by atoms with Crippen LogP contribution < -0.4 is 10.9 Å². The smallest absolute Gasteiger partial charge is 0.259 e. The highest BCUT2D eigenvalue weighted by Crippen LogP contribution is 2.35. The summed E-state index contributed by atoms with van der Waals surface area (Å²) in [6.07, 6.45) is 6.73. The Hall–Kier alpha value is -4.06. The Morgan fingerprint density at radius 3 is 2.26 bits per heavy atom. The van der Waals surface area contributed by atoms with Gasteiger partial charge in [0.15, 0.2) is 0 Å². The lowest BCUT2D eigenvalue weighted by Crippen LogP contribution is -2.47. The number of nitrogens with zero attached hydrogens (tertiary/aromatic N) is 3. The fourth-order valence-corrected chi connectivity index (χ4v) is 6.76. The van der Waals surface area contributed by atoms with E-state index >= 15 is 0 Å². The Bertz CT molecular complexity index is 1720. The van der Waals surface area contributed by atoms with Crippen LogP contribution in [0.15, 0.2) is 108 Å². The summed E-state index contributed by atoms with van der Waals surface area (Å²) in [6, 6.07) is 32.6. The quantitative estimate of drug-likeness (QED) is 0.206. The Morgan fingerprint density at radius 1 is 0.837 bits per heavy atom. The molecule has 0 spiro atoms. The van der Waals surface area contributed by atoms with Crippen molar-refractivity contribution in [3.8, 4) is 22.3 Å². The van der Waals surface area contributed by atoms with E-state index in [0.717, 1.165) is 72.2 Å². The number of pyridine rings is 2. The van der Waals surface area contributed by atoms with Gasteiger partial charge in [-0.2, -0.15) is 0 Å². The highest BCUT2D eigenvalue weighted by molar-refractivity contribution is 5.91. The normalized spacial score (nSPS) is 15.3. The zero-order valence-electron chi connectivity index (χ0n) is 25.5. The number of rotatable bonds is 9. The standard InChI is InChI=1S/C38H42N4O/c1-27(2)40-34(23-28-9-5-4-6-10-28)26-42-21-17-31(18-22-42)36-25-35(30-15-19-39-20-16-30)37(38(43)41(36)3)33-14-13-29-11-7-8-12-32(29)24-33/h4-16,19-20,24-25,27,31,34,40H,17-18,21-23,26H2,1-3H3/t34-/m1/s1. The lowest BCUT2D eigenvalue weighted by Gasteiger charge is -2.36. The van der Waals surface area contributed by atoms with Crippen molar-refractivity contribution >= 4 is 10.8 Å². The second-order valence-electron chi connectivity index (χ2n) is 12.3. The molecule has 0 amide bonds. The molecule has 0 bridgehead atoms. The molecule has 3 heterocycles. The van der Waals surface area contributed by atoms with Crippen molar-refractivity contribution in [2.75, 3.05) is 19.6 Å². The summed E-state index contributed by atoms with van der Waals surface area (Å²) >= 11 is 0. The summed E-state index contributed by atoms with van der Waals surface area (Å²) in [5.41, 5.74) is 6.29. The molecule has 2 aromatic heterocycles. The zero-order chi connectivity index (χ0) is 29.8. The van der Waals surface area contributed by atoms with Crippen molar-refractivity contribution in [3.05, 3.63) is 125 Å². The van der Waals surface area contributed by atoms with Gasteiger partial charge in [-0.15, -0.1) is 0 Å². The lowest BCUT2D eigenvalue weighted by molar-refractivity contribution is 0.185. The molecule has 0 unspecified atom stereocenters. The number of likely N-dealkylation sites (tertiary alicyclic amines) is 1. The van der Waals surface area contributed by atoms with Gasteiger partial charge in [0.25, 0.3) is 5.56 Å². The maximum atomic E-state index is 14.2. The highest BCUT2D eigenvalue weighted by atomic mass is 16.1. The van der Waals surface area contributed by atoms with E-state index in [9.17, 15) is 4.79 Å². The van der Waals surface area contributed by atoms with E-state index in [0.29, 0.717) is 18.0 Å². The molecule has 220 valence electrons. The van der Waals surface area contributed by atoms with Gasteiger partial charge in [-0.1, -0.05) is 80.6 Å². The van der Waals surface area contributed by atoms with Gasteiger partial charge in [-0.3, -0.25) is 9.78 Å². The van der Waals surface area contributed by atoms with Gasteiger partial charge in [0, 0.05) is 49.7 Å². The predicted molar refractivity (Wildman–Crippen MR) is 178 cm³/mol. The summed E-state index contributed by atoms with van der Waals surface area (Å²) in [4.78, 5) is 21.0. The van der Waals surface area contributed by atoms with Crippen LogP contribution in [0.5, 0.6) is 0 Å². The maximum Gasteiger partial charge on any atom is 0.259 e. The van der Waals surface area contributed by atoms with Crippen LogP contribution in [-0.2, 0) is 13.5 Å². The third kappa shape index (κ3) is 6.64. The van der Waals surface area contributed by atoms with E-state index in [1.54, 1.807) is 0 Å². The van der Waals surface area contributed by atoms with E-state index in [1.165, 1.54) is 10.9 Å². The van der Waals surface area contributed by atoms with Crippen LogP contribution >= 0.6 is 0 Å². The number of nitrogens with one attached hydrogen (secondary N) is 1. The van der Waals surface area contributed by atoms with Crippen molar-refractivity contribution in [3.63, 3.8) is 0 Å². The van der Waals surface area contributed by atoms with E-state index in [2.05, 4.69) is 95.8 Å². The van der Waals surface area contributed by atoms with Crippen LogP contribution in [0.4, 0.5) is 0 Å². The Labute approximate surface area is 255 Å². The van der Waals surface area contributed by atoms with Crippen LogP contribution in [0.2, 0.25) is 0 Å². The molecule has 1 atom stereocenters. The summed E-state index contributed by atoms with van der Waals surface area (Å²) in [6.45, 7) is 7.54. The van der Waals surface area contributed by atoms with Gasteiger partial charge < -0.3 is 14.8 Å². The first-order chi connectivity index (χ1) is 21.0. The molecule has 1 aliphatic heterocycles. The summed E-state index contributed by atoms with van der Waals surface area (Å²) in [5, 5.41) is 6.11. The van der Waals surface area contributed by atoms with Crippen molar-refractivity contribution < 1.29 is 0 Å². The molecule has 0 aliphatic carbocycles. The molecule has 43 heavy (non-hydrogen) atoms. The molecular weight excluding hydrogens is 528 g/mol. The van der Waals surface area contributed by atoms with Crippen LogP contribution in [0.25, 0.3) is 33.0 Å². The Morgan fingerprint density at radius 2 is 1.53 bits per heavy atom. The van der Waals surface area contributed by atoms with Crippen LogP contribution in [0, 0.1) is 0 Å². The average Bonchev–Trinajstić information content (AvgIpc) is 3.03. The number of benzene rings is 3. The molecule has 1 N–H and O–H groups in total. The SMILES string of the molecule is CC(C)N[C@H](Cc1ccccc1)CN1CCC(c2cc(-c3ccncc3)c(-c3ccc4ccccc4c3)c(=O)n2C)CC1. The minimum Gasteiger partial charge on any atom is -0.315 e. The topological polar surface area (TPSA) is 50.2 Å². The first kappa shape index (κ1) is 29.0. The Kier molecular flexibility index (Phi) is 8.82. The summed E-state index contributed by atoms with van der Waals surface area (Å²) in [5.74, 6) is 0.339. The van der Waals surface area contributed by atoms with Crippen molar-refractivity contribution in [1.29, 1.82) is 0 Å². The fourth-order valence-electron chi connectivity index (χ4n) is 6.76. The lowest BCUT2D eigenvalue weighted by atomic mass is 9.88. The van der Waals surface area contributed by atoms with Crippen LogP contribution in [0.1, 0.15) is 43.9 Å². The summed E-state index contributed by atoms with van der Waals surface area (Å²) in [7, 11) is 1.95. The van der Waals surface area contributed by atoms with Crippen molar-refractivity contribution in [1.82, 2.24) is 19.8 Å². The van der Waals surface area contributed by atoms with E-state index in [-0.39, 0.29) is 5.56 Å². The second-order valence-corrected chi connectivity index (χ2v) is 12.3. The number of hydrogen-bond acceptors (Lipinski definition) is 4. The molecular formula is C38H42N4O. The predicted octanol–water partition coefficient (Wildman–Crippen LogP) is 7.06. The van der Waals surface area contributed by atoms with E-state index < -0.39 is 0 Å². The third-order valence-electron chi connectivity index (χ3n) is 8.88. The molecule has 3 aromatic carbocycles. The molecule has 0 radical (unpaired) electrons. The zero-order valence-corrected chi connectivity index (χ0v) is 25.5. The third-order valence-corrected chi connectivity index (χ3v) is 8.88. The molecule has 5 aromatic rings. The van der Waals surface area contributed by atoms with Gasteiger partial charge in [-0.05, 0) is 89.6 Å². The molecule has 6 rings (SSSR count). The second kappa shape index (κ2) is 13.1. The van der Waals surface area contributed by atoms with Crippen molar-refractivity contribution in [2.45, 2.75) is 51.1 Å². The number of piperidine rings is 1. The van der Waals surface area contributed by atoms with Gasteiger partial charge in [0.2, 0.25) is 0 Å². The molecule has 5 heteroatoms. The fraction of sp³-hybridized carbons (Fsp3) is 0.316. The largest absolute Gasteiger partial charge is 0.315 e. The van der Waals surface area contributed by atoms with Crippen molar-refractivity contribution in [2.24, 2.45) is 7.05 Å². The van der Waals surface area contributed by atoms with Gasteiger partial charge in [0.1, 0.15) is 0 Å². The first-order valence-electron chi connectivity index (χ1n) is 15.6. The molecule has 5 nitrogen and oxygen atoms in total. The minimum absolute atomic E-state index is 0.0612. The van der Waals surface area contributed by atoms with Crippen LogP contribution in [0.3, 0.4) is 0 Å². The molecule has 1 saturated heterocycles. The number of aromatic nitrogens is 2. The minimum atomic E-state index is 0.0612.